The summed E-state index contributed by atoms with van der Waals surface area (Å²) in [5, 5.41) is 1.16. The summed E-state index contributed by atoms with van der Waals surface area (Å²) in [4.78, 5) is 2.35. The molecule has 0 aliphatic rings. The van der Waals surface area contributed by atoms with Crippen molar-refractivity contribution < 1.29 is 4.74 Å². The molecule has 130 valence electrons. The molecule has 0 aromatic heterocycles. The number of hydrogen-bond acceptors (Lipinski definition) is 3. The molecule has 2 aromatic rings. The number of rotatable bonds is 8. The fourth-order valence-electron chi connectivity index (χ4n) is 2.49. The molecule has 0 fully saturated rings. The molecule has 0 heterocycles. The van der Waals surface area contributed by atoms with Gasteiger partial charge in [-0.2, -0.15) is 0 Å². The van der Waals surface area contributed by atoms with Gasteiger partial charge in [0.2, 0.25) is 0 Å². The molecule has 0 spiro atoms. The van der Waals surface area contributed by atoms with Gasteiger partial charge < -0.3 is 10.5 Å². The highest BCUT2D eigenvalue weighted by Crippen LogP contribution is 2.27. The van der Waals surface area contributed by atoms with Gasteiger partial charge in [-0.25, -0.2) is 0 Å². The van der Waals surface area contributed by atoms with Crippen LogP contribution in [0.5, 0.6) is 5.75 Å². The van der Waals surface area contributed by atoms with Crippen molar-refractivity contribution in [3.8, 4) is 5.75 Å². The Bertz CT molecular complexity index is 682. The quantitative estimate of drug-likeness (QED) is 0.630. The Balaban J connectivity index is 2.12. The summed E-state index contributed by atoms with van der Waals surface area (Å²) in [6, 6.07) is 11.9. The number of ether oxygens (including phenoxy) is 1. The van der Waals surface area contributed by atoms with Crippen molar-refractivity contribution in [1.29, 1.82) is 0 Å². The van der Waals surface area contributed by atoms with Gasteiger partial charge in [0.15, 0.2) is 0 Å². The molecule has 24 heavy (non-hydrogen) atoms. The minimum atomic E-state index is 0.577. The second kappa shape index (κ2) is 9.64. The average molecular weight is 432 g/mol. The smallest absolute Gasteiger partial charge is 0.133 e. The van der Waals surface area contributed by atoms with E-state index in [9.17, 15) is 0 Å². The third-order valence-electron chi connectivity index (χ3n) is 3.69. The lowest BCUT2D eigenvalue weighted by molar-refractivity contribution is 0.255. The van der Waals surface area contributed by atoms with Crippen molar-refractivity contribution in [2.75, 3.05) is 20.2 Å². The molecular weight excluding hydrogens is 411 g/mol. The predicted octanol–water partition coefficient (Wildman–Crippen LogP) is 5.12. The number of hydrogen-bond donors (Lipinski definition) is 1. The lowest BCUT2D eigenvalue weighted by atomic mass is 10.1. The van der Waals surface area contributed by atoms with E-state index in [4.69, 9.17) is 33.7 Å². The van der Waals surface area contributed by atoms with Crippen molar-refractivity contribution in [2.45, 2.75) is 19.5 Å². The monoisotopic (exact) mass is 430 g/mol. The Hall–Kier alpha value is -0.780. The maximum absolute atomic E-state index is 6.13. The van der Waals surface area contributed by atoms with Crippen LogP contribution in [0.15, 0.2) is 40.9 Å². The first kappa shape index (κ1) is 19.5. The molecule has 0 bridgehead atoms. The lowest BCUT2D eigenvalue weighted by Crippen LogP contribution is -2.25. The molecule has 0 atom stereocenters. The predicted molar refractivity (Wildman–Crippen MR) is 105 cm³/mol. The van der Waals surface area contributed by atoms with E-state index in [-0.39, 0.29) is 0 Å². The molecule has 2 rings (SSSR count). The number of nitrogens with zero attached hydrogens (tertiary/aromatic N) is 1. The fourth-order valence-corrected chi connectivity index (χ4v) is 3.40. The Labute approximate surface area is 161 Å². The summed E-state index contributed by atoms with van der Waals surface area (Å²) in [7, 11) is 1.66. The van der Waals surface area contributed by atoms with Crippen LogP contribution in [0.3, 0.4) is 0 Å². The summed E-state index contributed by atoms with van der Waals surface area (Å²) >= 11 is 15.7. The van der Waals surface area contributed by atoms with E-state index in [0.29, 0.717) is 16.6 Å². The van der Waals surface area contributed by atoms with Crippen LogP contribution < -0.4 is 10.5 Å². The molecule has 0 unspecified atom stereocenters. The van der Waals surface area contributed by atoms with E-state index in [1.165, 1.54) is 5.56 Å². The van der Waals surface area contributed by atoms with Gasteiger partial charge >= 0.3 is 0 Å². The minimum absolute atomic E-state index is 0.577. The third-order valence-corrected chi connectivity index (χ3v) is 5.05. The summed E-state index contributed by atoms with van der Waals surface area (Å²) < 4.78 is 6.24. The number of nitrogens with two attached hydrogens (primary N) is 1. The van der Waals surface area contributed by atoms with Crippen LogP contribution in [0.25, 0.3) is 0 Å². The first-order valence-electron chi connectivity index (χ1n) is 7.72. The zero-order valence-electron chi connectivity index (χ0n) is 13.6. The second-order valence-corrected chi connectivity index (χ2v) is 7.24. The van der Waals surface area contributed by atoms with Crippen LogP contribution in [0, 0.1) is 0 Å². The third kappa shape index (κ3) is 5.64. The van der Waals surface area contributed by atoms with Crippen LogP contribution >= 0.6 is 39.1 Å². The highest BCUT2D eigenvalue weighted by atomic mass is 79.9. The molecule has 0 aliphatic heterocycles. The maximum Gasteiger partial charge on any atom is 0.133 e. The number of methoxy groups -OCH3 is 1. The van der Waals surface area contributed by atoms with Gasteiger partial charge in [0.05, 0.1) is 21.6 Å². The van der Waals surface area contributed by atoms with Gasteiger partial charge in [-0.1, -0.05) is 35.3 Å². The number of halogens is 3. The van der Waals surface area contributed by atoms with Gasteiger partial charge in [-0.05, 0) is 64.3 Å². The van der Waals surface area contributed by atoms with Crippen LogP contribution in [0.1, 0.15) is 17.5 Å². The van der Waals surface area contributed by atoms with E-state index in [2.05, 4.69) is 33.0 Å². The topological polar surface area (TPSA) is 38.5 Å². The SMILES string of the molecule is COc1ccc(CN(CCCN)Cc2ccc(Cl)c(Cl)c2)cc1Br. The number of benzene rings is 2. The van der Waals surface area contributed by atoms with Crippen LogP contribution in [0.2, 0.25) is 10.0 Å². The average Bonchev–Trinajstić information content (AvgIpc) is 2.56. The Morgan fingerprint density at radius 2 is 1.71 bits per heavy atom. The van der Waals surface area contributed by atoms with Gasteiger partial charge in [0.25, 0.3) is 0 Å². The summed E-state index contributed by atoms with van der Waals surface area (Å²) in [6.45, 7) is 3.20. The largest absolute Gasteiger partial charge is 0.496 e. The van der Waals surface area contributed by atoms with Crippen molar-refractivity contribution >= 4 is 39.1 Å². The Kier molecular flexibility index (Phi) is 7.85. The standard InChI is InChI=1S/C18H21BrCl2N2O/c1-24-18-6-4-13(9-15(18)19)11-23(8-2-7-22)12-14-3-5-16(20)17(21)10-14/h3-6,9-10H,2,7-8,11-12,22H2,1H3. The molecule has 6 heteroatoms. The highest BCUT2D eigenvalue weighted by molar-refractivity contribution is 9.10. The molecule has 0 saturated heterocycles. The lowest BCUT2D eigenvalue weighted by Gasteiger charge is -2.23. The molecule has 0 aliphatic carbocycles. The van der Waals surface area contributed by atoms with Crippen molar-refractivity contribution in [3.63, 3.8) is 0 Å². The molecule has 0 radical (unpaired) electrons. The molecule has 2 aromatic carbocycles. The van der Waals surface area contributed by atoms with E-state index in [1.54, 1.807) is 7.11 Å². The van der Waals surface area contributed by atoms with Crippen LogP contribution in [0.4, 0.5) is 0 Å². The van der Waals surface area contributed by atoms with Crippen molar-refractivity contribution in [2.24, 2.45) is 5.73 Å². The zero-order chi connectivity index (χ0) is 17.5. The van der Waals surface area contributed by atoms with Crippen molar-refractivity contribution in [1.82, 2.24) is 4.90 Å². The fraction of sp³-hybridized carbons (Fsp3) is 0.333. The highest BCUT2D eigenvalue weighted by Gasteiger charge is 2.10. The first-order chi connectivity index (χ1) is 11.5. The van der Waals surface area contributed by atoms with E-state index < -0.39 is 0 Å². The zero-order valence-corrected chi connectivity index (χ0v) is 16.7. The van der Waals surface area contributed by atoms with Crippen molar-refractivity contribution in [3.05, 3.63) is 62.0 Å². The van der Waals surface area contributed by atoms with Gasteiger partial charge in [0, 0.05) is 19.6 Å². The molecule has 2 N–H and O–H groups in total. The maximum atomic E-state index is 6.13. The van der Waals surface area contributed by atoms with Gasteiger partial charge in [-0.15, -0.1) is 0 Å². The molecule has 3 nitrogen and oxygen atoms in total. The second-order valence-electron chi connectivity index (χ2n) is 5.57. The summed E-state index contributed by atoms with van der Waals surface area (Å²) in [5.41, 5.74) is 8.02. The molecular formula is C18H21BrCl2N2O. The van der Waals surface area contributed by atoms with Gasteiger partial charge in [-0.3, -0.25) is 4.90 Å². The molecule has 0 saturated carbocycles. The first-order valence-corrected chi connectivity index (χ1v) is 9.27. The normalized spacial score (nSPS) is 11.1. The van der Waals surface area contributed by atoms with E-state index >= 15 is 0 Å². The van der Waals surface area contributed by atoms with Gasteiger partial charge in [0.1, 0.15) is 5.75 Å². The minimum Gasteiger partial charge on any atom is -0.496 e. The van der Waals surface area contributed by atoms with Crippen LogP contribution in [-0.2, 0) is 13.1 Å². The molecule has 0 amide bonds. The van der Waals surface area contributed by atoms with E-state index in [1.807, 2.05) is 24.3 Å². The summed E-state index contributed by atoms with van der Waals surface area (Å²) in [6.07, 6.45) is 0.943. The summed E-state index contributed by atoms with van der Waals surface area (Å²) in [5.74, 6) is 0.830. The van der Waals surface area contributed by atoms with Crippen LogP contribution in [-0.4, -0.2) is 25.1 Å². The Morgan fingerprint density at radius 3 is 2.29 bits per heavy atom. The van der Waals surface area contributed by atoms with E-state index in [0.717, 1.165) is 41.8 Å². The Morgan fingerprint density at radius 1 is 1.04 bits per heavy atom.